The molecule has 1 fully saturated rings. The Kier molecular flexibility index (Phi) is 36.1. The van der Waals surface area contributed by atoms with Crippen LogP contribution < -0.4 is 19.4 Å². The van der Waals surface area contributed by atoms with E-state index < -0.39 is 0 Å². The molecular weight excluding hydrogens is 1410 g/mol. The molecule has 12 rings (SSSR count). The Hall–Kier alpha value is -9.73. The summed E-state index contributed by atoms with van der Waals surface area (Å²) in [5, 5.41) is 37.1. The van der Waals surface area contributed by atoms with E-state index in [-0.39, 0.29) is 6.10 Å². The van der Waals surface area contributed by atoms with Gasteiger partial charge in [-0.05, 0) is 174 Å². The fourth-order valence-corrected chi connectivity index (χ4v) is 13.3. The van der Waals surface area contributed by atoms with Crippen molar-refractivity contribution in [3.8, 4) is 62.2 Å². The average Bonchev–Trinajstić information content (AvgIpc) is 1.75. The Morgan fingerprint density at radius 3 is 1.14 bits per heavy atom. The molecule has 0 spiro atoms. The summed E-state index contributed by atoms with van der Waals surface area (Å²) in [5.41, 5.74) is 17.7. The molecule has 0 aliphatic carbocycles. The lowest BCUT2D eigenvalue weighted by molar-refractivity contribution is 0.122. The van der Waals surface area contributed by atoms with Gasteiger partial charge in [-0.1, -0.05) is 90.4 Å². The van der Waals surface area contributed by atoms with Gasteiger partial charge in [0.25, 0.3) is 0 Å². The zero-order chi connectivity index (χ0) is 79.4. The molecule has 10 aromatic heterocycles. The van der Waals surface area contributed by atoms with Gasteiger partial charge in [0, 0.05) is 172 Å². The van der Waals surface area contributed by atoms with Gasteiger partial charge in [-0.15, -0.1) is 0 Å². The van der Waals surface area contributed by atoms with Gasteiger partial charge in [0.15, 0.2) is 0 Å². The number of hydrogen-bond donors (Lipinski definition) is 5. The molecule has 1 aliphatic heterocycles. The van der Waals surface area contributed by atoms with Gasteiger partial charge in [-0.3, -0.25) is 30.5 Å². The number of halogens is 1. The van der Waals surface area contributed by atoms with E-state index in [1.807, 2.05) is 93.9 Å². The molecule has 111 heavy (non-hydrogen) atoms. The summed E-state index contributed by atoms with van der Waals surface area (Å²) in [5.74, 6) is 4.25. The third-order valence-corrected chi connectivity index (χ3v) is 18.5. The van der Waals surface area contributed by atoms with E-state index in [2.05, 4.69) is 274 Å². The molecule has 1 aromatic carbocycles. The number of nitrogens with one attached hydrogen (secondary N) is 5. The number of H-pyrrole nitrogens is 5. The Morgan fingerprint density at radius 2 is 0.793 bits per heavy atom. The normalized spacial score (nSPS) is 12.1. The molecular formula is C85H122ClN23O2. The van der Waals surface area contributed by atoms with Crippen LogP contribution in [0.15, 0.2) is 153 Å². The van der Waals surface area contributed by atoms with Crippen molar-refractivity contribution in [1.29, 1.82) is 0 Å². The Labute approximate surface area is 664 Å². The van der Waals surface area contributed by atoms with Crippen molar-refractivity contribution in [2.45, 2.75) is 140 Å². The van der Waals surface area contributed by atoms with Gasteiger partial charge in [0.1, 0.15) is 17.5 Å². The Morgan fingerprint density at radius 1 is 0.414 bits per heavy atom. The van der Waals surface area contributed by atoms with Crippen molar-refractivity contribution >= 4 is 29.1 Å². The Bertz CT molecular complexity index is 4320. The number of rotatable bonds is 34. The van der Waals surface area contributed by atoms with Gasteiger partial charge in [-0.25, -0.2) is 19.9 Å². The van der Waals surface area contributed by atoms with Crippen LogP contribution in [0.25, 0.3) is 56.3 Å². The van der Waals surface area contributed by atoms with Crippen LogP contribution in [0.1, 0.15) is 128 Å². The second-order valence-electron chi connectivity index (χ2n) is 29.4. The van der Waals surface area contributed by atoms with E-state index in [0.29, 0.717) is 16.8 Å². The maximum Gasteiger partial charge on any atom is 0.213 e. The molecule has 25 nitrogen and oxygen atoms in total. The van der Waals surface area contributed by atoms with Crippen LogP contribution in [0.5, 0.6) is 5.88 Å². The van der Waals surface area contributed by atoms with Crippen molar-refractivity contribution in [2.24, 2.45) is 5.92 Å². The van der Waals surface area contributed by atoms with Gasteiger partial charge in [0.2, 0.25) is 5.88 Å². The maximum absolute atomic E-state index is 5.96. The highest BCUT2D eigenvalue weighted by Crippen LogP contribution is 2.30. The van der Waals surface area contributed by atoms with E-state index in [4.69, 9.17) is 21.1 Å². The third-order valence-electron chi connectivity index (χ3n) is 18.3. The molecule has 1 saturated heterocycles. The van der Waals surface area contributed by atoms with Crippen LogP contribution in [0.3, 0.4) is 0 Å². The lowest BCUT2D eigenvalue weighted by Gasteiger charge is -2.27. The molecule has 0 saturated carbocycles. The van der Waals surface area contributed by atoms with Crippen LogP contribution in [-0.4, -0.2) is 221 Å². The minimum absolute atomic E-state index is 0.133. The molecule has 596 valence electrons. The van der Waals surface area contributed by atoms with Crippen molar-refractivity contribution in [1.82, 2.24) is 100 Å². The largest absolute Gasteiger partial charge is 0.475 e. The van der Waals surface area contributed by atoms with E-state index in [1.165, 1.54) is 27.8 Å². The second kappa shape index (κ2) is 46.2. The average molecular weight is 1530 g/mol. The first-order valence-electron chi connectivity index (χ1n) is 39.2. The summed E-state index contributed by atoms with van der Waals surface area (Å²) in [7, 11) is 14.8. The van der Waals surface area contributed by atoms with E-state index in [0.717, 1.165) is 216 Å². The molecule has 5 N–H and O–H groups in total. The van der Waals surface area contributed by atoms with Gasteiger partial charge in [-0.2, -0.15) is 25.5 Å². The smallest absolute Gasteiger partial charge is 0.213 e. The zero-order valence-electron chi connectivity index (χ0n) is 68.7. The molecule has 0 unspecified atom stereocenters. The number of hydrogen-bond acceptors (Lipinski definition) is 20. The molecule has 0 bridgehead atoms. The molecule has 1 aliphatic rings. The predicted molar refractivity (Wildman–Crippen MR) is 453 cm³/mol. The highest BCUT2D eigenvalue weighted by molar-refractivity contribution is 6.30. The van der Waals surface area contributed by atoms with Crippen molar-refractivity contribution in [3.05, 3.63) is 191 Å². The third kappa shape index (κ3) is 28.2. The van der Waals surface area contributed by atoms with Gasteiger partial charge >= 0.3 is 0 Å². The summed E-state index contributed by atoms with van der Waals surface area (Å²) >= 11 is 5.96. The number of aromatic nitrogens is 15. The molecule has 0 radical (unpaired) electrons. The topological polar surface area (TPSA) is 252 Å². The number of pyridine rings is 5. The maximum atomic E-state index is 5.96. The minimum atomic E-state index is 0.133. The van der Waals surface area contributed by atoms with Gasteiger partial charge in [0.05, 0.1) is 83.8 Å². The quantitative estimate of drug-likeness (QED) is 0.0251. The van der Waals surface area contributed by atoms with Crippen molar-refractivity contribution in [3.63, 3.8) is 0 Å². The first-order valence-corrected chi connectivity index (χ1v) is 39.6. The first-order chi connectivity index (χ1) is 53.8. The number of ether oxygens (including phenoxy) is 2. The van der Waals surface area contributed by atoms with Crippen LogP contribution in [0.2, 0.25) is 5.02 Å². The summed E-state index contributed by atoms with van der Waals surface area (Å²) in [6.45, 7) is 34.4. The number of aromatic amines is 5. The molecule has 0 amide bonds. The summed E-state index contributed by atoms with van der Waals surface area (Å²) in [6.07, 6.45) is 26.4. The Balaban J connectivity index is 0.000000175. The second-order valence-corrected chi connectivity index (χ2v) is 29.9. The van der Waals surface area contributed by atoms with Crippen LogP contribution >= 0.6 is 11.6 Å². The van der Waals surface area contributed by atoms with Crippen LogP contribution in [-0.2, 0) is 44.0 Å². The lowest BCUT2D eigenvalue weighted by Crippen LogP contribution is -2.36. The van der Waals surface area contributed by atoms with E-state index >= 15 is 0 Å². The molecule has 11 heterocycles. The highest BCUT2D eigenvalue weighted by Gasteiger charge is 2.19. The number of benzene rings is 1. The first kappa shape index (κ1) is 86.9. The number of anilines is 3. The lowest BCUT2D eigenvalue weighted by atomic mass is 10.1. The van der Waals surface area contributed by atoms with Crippen LogP contribution in [0.4, 0.5) is 17.5 Å². The van der Waals surface area contributed by atoms with Crippen LogP contribution in [0, 0.1) is 5.92 Å². The van der Waals surface area contributed by atoms with E-state index in [1.54, 1.807) is 12.4 Å². The van der Waals surface area contributed by atoms with Crippen molar-refractivity contribution < 1.29 is 9.47 Å². The zero-order valence-corrected chi connectivity index (χ0v) is 69.4. The highest BCUT2D eigenvalue weighted by atomic mass is 35.5. The SMILES string of the molecule is CCCN(C)Cc1cn[nH]c1-c1ccc(N(C)CC(C)C)nc1.CCCN(C)Cc1cn[nH]c1-c1ccc(N(C)Cc2ccccc2)nc1.CCCN(C)Cc1cn[nH]c1-c1ccc(N2CCOCC2)nc1.CCCN(C)Cc1cn[nH]c1-c1ccc(OC(C)C)nc1.CCCN(C)Cc1cn[nH]c1-c1cncc(Cl)c1. The minimum Gasteiger partial charge on any atom is -0.475 e. The summed E-state index contributed by atoms with van der Waals surface area (Å²) in [6, 6.07) is 28.8. The van der Waals surface area contributed by atoms with Crippen molar-refractivity contribution in [2.75, 3.05) is 130 Å². The molecule has 11 aromatic rings. The summed E-state index contributed by atoms with van der Waals surface area (Å²) < 4.78 is 11.0. The molecule has 26 heteroatoms. The standard InChI is InChI=1S/C21H27N5.C18H29N5.C17H25N5O.C16H24N4O.C13H17ClN4/c1-4-12-25(2)16-19-14-23-24-21(19)18-10-11-20(22-13-18)26(3)15-17-8-6-5-7-9-17;1-6-9-22(4)13-16-11-20-21-18(16)15-7-8-17(19-10-15)23(5)12-14(2)3;1-3-6-21(2)13-15-12-19-20-17(15)14-4-5-16(18-11-14)22-7-9-23-10-8-22;1-5-8-20(4)11-14-10-18-19-16(14)13-6-7-15(17-9-13)21-12(2)3;1-3-4-18(2)9-11-7-16-17-13(11)10-5-12(14)8-15-6-10/h5-11,13-14H,4,12,15-16H2,1-3H3,(H,23,24);7-8,10-11,14H,6,9,12-13H2,1-5H3,(H,20,21);4-5,11-12H,3,6-10,13H2,1-2H3,(H,19,20);6-7,9-10,12H,5,8,11H2,1-4H3,(H,18,19);5-8H,3-4,9H2,1-2H3,(H,16,17). The number of morpholine rings is 1. The fraction of sp³-hybridized carbons (Fsp3) is 0.459. The van der Waals surface area contributed by atoms with Gasteiger partial charge < -0.3 is 48.7 Å². The monoisotopic (exact) mass is 1530 g/mol. The number of nitrogens with zero attached hydrogens (tertiary/aromatic N) is 18. The molecule has 0 atom stereocenters. The summed E-state index contributed by atoms with van der Waals surface area (Å²) in [4.78, 5) is 40.4. The predicted octanol–water partition coefficient (Wildman–Crippen LogP) is 15.6. The fourth-order valence-electron chi connectivity index (χ4n) is 13.2. The van der Waals surface area contributed by atoms with E-state index in [9.17, 15) is 0 Å².